The lowest BCUT2D eigenvalue weighted by atomic mass is 9.94. The van der Waals surface area contributed by atoms with Crippen LogP contribution in [0, 0.1) is 18.6 Å². The molecule has 0 nitrogen and oxygen atoms in total. The Bertz CT molecular complexity index is 1310. The van der Waals surface area contributed by atoms with Crippen LogP contribution in [0.2, 0.25) is 0 Å². The highest BCUT2D eigenvalue weighted by Crippen LogP contribution is 2.33. The third kappa shape index (κ3) is 4.72. The van der Waals surface area contributed by atoms with Crippen LogP contribution in [0.15, 0.2) is 91.5 Å². The summed E-state index contributed by atoms with van der Waals surface area (Å²) >= 11 is 0. The van der Waals surface area contributed by atoms with Gasteiger partial charge in [-0.25, -0.2) is 8.78 Å². The maximum atomic E-state index is 14.8. The highest BCUT2D eigenvalue weighted by atomic mass is 19.4. The SMILES string of the molecule is C=C(c1ccc(-c2ccc(C)cc2)c(F)c1)c1ccc(-c2ccc(C(F)(F)F)cc2)c(F)c1. The number of rotatable bonds is 4. The van der Waals surface area contributed by atoms with Crippen LogP contribution >= 0.6 is 0 Å². The van der Waals surface area contributed by atoms with Gasteiger partial charge in [-0.3, -0.25) is 0 Å². The molecule has 0 aromatic heterocycles. The summed E-state index contributed by atoms with van der Waals surface area (Å²) in [4.78, 5) is 0. The van der Waals surface area contributed by atoms with Crippen LogP contribution in [-0.2, 0) is 6.18 Å². The van der Waals surface area contributed by atoms with Gasteiger partial charge >= 0.3 is 6.18 Å². The first-order valence-electron chi connectivity index (χ1n) is 10.2. The predicted molar refractivity (Wildman–Crippen MR) is 122 cm³/mol. The summed E-state index contributed by atoms with van der Waals surface area (Å²) in [5, 5.41) is 0. The van der Waals surface area contributed by atoms with Crippen molar-refractivity contribution in [2.45, 2.75) is 13.1 Å². The van der Waals surface area contributed by atoms with Crippen molar-refractivity contribution < 1.29 is 22.0 Å². The van der Waals surface area contributed by atoms with Crippen LogP contribution in [-0.4, -0.2) is 0 Å². The van der Waals surface area contributed by atoms with Crippen molar-refractivity contribution >= 4 is 5.57 Å². The highest BCUT2D eigenvalue weighted by Gasteiger charge is 2.30. The van der Waals surface area contributed by atoms with Gasteiger partial charge in [0, 0.05) is 11.1 Å². The Hall–Kier alpha value is -3.73. The van der Waals surface area contributed by atoms with Crippen LogP contribution in [0.5, 0.6) is 0 Å². The van der Waals surface area contributed by atoms with E-state index in [-0.39, 0.29) is 5.56 Å². The van der Waals surface area contributed by atoms with Gasteiger partial charge in [-0.05, 0) is 59.0 Å². The lowest BCUT2D eigenvalue weighted by molar-refractivity contribution is -0.137. The molecule has 0 N–H and O–H groups in total. The lowest BCUT2D eigenvalue weighted by Crippen LogP contribution is -2.04. The van der Waals surface area contributed by atoms with Crippen LogP contribution in [0.1, 0.15) is 22.3 Å². The number of aryl methyl sites for hydroxylation is 1. The van der Waals surface area contributed by atoms with Gasteiger partial charge in [-0.1, -0.05) is 72.8 Å². The molecule has 4 aromatic carbocycles. The van der Waals surface area contributed by atoms with Gasteiger partial charge in [0.05, 0.1) is 5.56 Å². The number of halogens is 5. The molecule has 33 heavy (non-hydrogen) atoms. The summed E-state index contributed by atoms with van der Waals surface area (Å²) in [6.45, 7) is 5.93. The van der Waals surface area contributed by atoms with Crippen LogP contribution < -0.4 is 0 Å². The standard InChI is InChI=1S/C28H19F5/c1-17-3-5-19(6-4-17)24-13-9-21(15-26(24)29)18(2)22-10-14-25(27(30)16-22)20-7-11-23(12-8-20)28(31,32)33/h3-16H,2H2,1H3. The van der Waals surface area contributed by atoms with Crippen LogP contribution in [0.3, 0.4) is 0 Å². The smallest absolute Gasteiger partial charge is 0.206 e. The number of benzene rings is 4. The average molecular weight is 450 g/mol. The van der Waals surface area contributed by atoms with E-state index in [0.29, 0.717) is 27.8 Å². The fourth-order valence-electron chi connectivity index (χ4n) is 3.61. The molecule has 0 aliphatic rings. The van der Waals surface area contributed by atoms with Gasteiger partial charge < -0.3 is 0 Å². The Morgan fingerprint density at radius 3 is 1.45 bits per heavy atom. The summed E-state index contributed by atoms with van der Waals surface area (Å²) in [5.41, 5.74) is 3.36. The van der Waals surface area contributed by atoms with Gasteiger partial charge in [0.25, 0.3) is 0 Å². The first-order valence-corrected chi connectivity index (χ1v) is 10.2. The van der Waals surface area contributed by atoms with E-state index in [1.54, 1.807) is 18.2 Å². The number of hydrogen-bond donors (Lipinski definition) is 0. The third-order valence-corrected chi connectivity index (χ3v) is 5.52. The van der Waals surface area contributed by atoms with Crippen molar-refractivity contribution in [2.24, 2.45) is 0 Å². The normalized spacial score (nSPS) is 11.5. The van der Waals surface area contributed by atoms with Gasteiger partial charge in [0.1, 0.15) is 11.6 Å². The monoisotopic (exact) mass is 450 g/mol. The van der Waals surface area contributed by atoms with Gasteiger partial charge in [-0.15, -0.1) is 0 Å². The highest BCUT2D eigenvalue weighted by molar-refractivity contribution is 5.81. The van der Waals surface area contributed by atoms with E-state index in [1.807, 2.05) is 31.2 Å². The van der Waals surface area contributed by atoms with Crippen LogP contribution in [0.25, 0.3) is 27.8 Å². The fourth-order valence-corrected chi connectivity index (χ4v) is 3.61. The number of alkyl halides is 3. The largest absolute Gasteiger partial charge is 0.416 e. The summed E-state index contributed by atoms with van der Waals surface area (Å²) < 4.78 is 67.9. The molecule has 0 radical (unpaired) electrons. The second-order valence-electron chi connectivity index (χ2n) is 7.81. The maximum absolute atomic E-state index is 14.8. The predicted octanol–water partition coefficient (Wildman–Crippen LogP) is 8.69. The molecule has 0 amide bonds. The topological polar surface area (TPSA) is 0 Å². The fraction of sp³-hybridized carbons (Fsp3) is 0.0714. The van der Waals surface area contributed by atoms with Crippen molar-refractivity contribution in [3.8, 4) is 22.3 Å². The first kappa shape index (κ1) is 22.5. The van der Waals surface area contributed by atoms with E-state index in [1.165, 1.54) is 30.3 Å². The van der Waals surface area contributed by atoms with E-state index in [0.717, 1.165) is 23.3 Å². The first-order chi connectivity index (χ1) is 15.6. The molecule has 0 atom stereocenters. The van der Waals surface area contributed by atoms with Gasteiger partial charge in [-0.2, -0.15) is 13.2 Å². The zero-order valence-electron chi connectivity index (χ0n) is 17.7. The molecule has 0 heterocycles. The van der Waals surface area contributed by atoms with E-state index in [2.05, 4.69) is 6.58 Å². The molecular weight excluding hydrogens is 431 g/mol. The molecule has 0 aliphatic heterocycles. The molecular formula is C28H19F5. The molecule has 0 bridgehead atoms. The molecule has 4 rings (SSSR count). The summed E-state index contributed by atoms with van der Waals surface area (Å²) in [6.07, 6.45) is -4.46. The second kappa shape index (κ2) is 8.66. The van der Waals surface area contributed by atoms with Crippen molar-refractivity contribution in [3.63, 3.8) is 0 Å². The van der Waals surface area contributed by atoms with Crippen molar-refractivity contribution in [1.29, 1.82) is 0 Å². The second-order valence-corrected chi connectivity index (χ2v) is 7.81. The molecule has 0 fully saturated rings. The van der Waals surface area contributed by atoms with E-state index in [4.69, 9.17) is 0 Å². The minimum absolute atomic E-state index is 0.168. The van der Waals surface area contributed by atoms with Crippen molar-refractivity contribution in [1.82, 2.24) is 0 Å². The molecule has 0 unspecified atom stereocenters. The Balaban J connectivity index is 1.60. The summed E-state index contributed by atoms with van der Waals surface area (Å²) in [7, 11) is 0. The molecule has 166 valence electrons. The summed E-state index contributed by atoms with van der Waals surface area (Å²) in [5.74, 6) is -1.02. The van der Waals surface area contributed by atoms with E-state index >= 15 is 0 Å². The lowest BCUT2D eigenvalue weighted by Gasteiger charge is -2.12. The zero-order valence-corrected chi connectivity index (χ0v) is 17.7. The molecule has 0 saturated heterocycles. The molecule has 0 spiro atoms. The van der Waals surface area contributed by atoms with Gasteiger partial charge in [0.2, 0.25) is 0 Å². The molecule has 0 saturated carbocycles. The minimum atomic E-state index is -4.46. The molecule has 4 aromatic rings. The van der Waals surface area contributed by atoms with Crippen molar-refractivity contribution in [3.05, 3.63) is 125 Å². The Morgan fingerprint density at radius 2 is 1.06 bits per heavy atom. The molecule has 0 aliphatic carbocycles. The van der Waals surface area contributed by atoms with Crippen LogP contribution in [0.4, 0.5) is 22.0 Å². The third-order valence-electron chi connectivity index (χ3n) is 5.52. The average Bonchev–Trinajstić information content (AvgIpc) is 2.79. The van der Waals surface area contributed by atoms with E-state index < -0.39 is 23.4 Å². The van der Waals surface area contributed by atoms with Gasteiger partial charge in [0.15, 0.2) is 0 Å². The minimum Gasteiger partial charge on any atom is -0.206 e. The Morgan fingerprint density at radius 1 is 0.636 bits per heavy atom. The summed E-state index contributed by atoms with van der Waals surface area (Å²) in [6, 6.07) is 20.9. The Kier molecular flexibility index (Phi) is 5.90. The number of hydrogen-bond acceptors (Lipinski definition) is 0. The quantitative estimate of drug-likeness (QED) is 0.273. The Labute approximate surface area is 188 Å². The maximum Gasteiger partial charge on any atom is 0.416 e. The van der Waals surface area contributed by atoms with E-state index in [9.17, 15) is 22.0 Å². The molecule has 5 heteroatoms. The zero-order chi connectivity index (χ0) is 23.8. The van der Waals surface area contributed by atoms with Crippen molar-refractivity contribution in [2.75, 3.05) is 0 Å².